The topological polar surface area (TPSA) is 29.1 Å². The molecule has 76 valence electrons. The van der Waals surface area contributed by atoms with Crippen LogP contribution < -0.4 is 5.32 Å². The van der Waals surface area contributed by atoms with Crippen LogP contribution in [0.3, 0.4) is 0 Å². The largest absolute Gasteiger partial charge is 0.310 e. The maximum Gasteiger partial charge on any atom is 0.143 e. The van der Waals surface area contributed by atoms with Crippen LogP contribution in [0.4, 0.5) is 0 Å². The monoisotopic (exact) mass is 211 g/mol. The molecule has 0 spiro atoms. The Morgan fingerprint density at radius 3 is 2.57 bits per heavy atom. The fraction of sp³-hybridized carbons (Fsp3) is 0.364. The number of hydrogen-bond donors (Lipinski definition) is 1. The van der Waals surface area contributed by atoms with E-state index in [0.717, 1.165) is 18.0 Å². The van der Waals surface area contributed by atoms with Gasteiger partial charge in [0.15, 0.2) is 0 Å². The molecule has 0 fully saturated rings. The van der Waals surface area contributed by atoms with Crippen molar-refractivity contribution in [2.45, 2.75) is 13.3 Å². The third kappa shape index (κ3) is 4.40. The Kier molecular flexibility index (Phi) is 4.63. The Hall–Kier alpha value is -0.860. The van der Waals surface area contributed by atoms with Gasteiger partial charge in [-0.1, -0.05) is 23.7 Å². The zero-order valence-corrected chi connectivity index (χ0v) is 8.97. The van der Waals surface area contributed by atoms with Crippen LogP contribution in [0.2, 0.25) is 5.02 Å². The molecular formula is C11H14ClNO. The summed E-state index contributed by atoms with van der Waals surface area (Å²) in [7, 11) is 0. The molecule has 1 rings (SSSR count). The first kappa shape index (κ1) is 11.2. The van der Waals surface area contributed by atoms with Gasteiger partial charge in [0, 0.05) is 5.02 Å². The molecule has 0 atom stereocenters. The fourth-order valence-electron chi connectivity index (χ4n) is 1.15. The number of Topliss-reactive ketones (excluding diaryl/α,β-unsaturated/α-hetero) is 1. The third-order valence-electron chi connectivity index (χ3n) is 1.88. The van der Waals surface area contributed by atoms with Gasteiger partial charge < -0.3 is 5.32 Å². The van der Waals surface area contributed by atoms with Crippen molar-refractivity contribution >= 4 is 17.4 Å². The van der Waals surface area contributed by atoms with Crippen molar-refractivity contribution in [1.82, 2.24) is 5.32 Å². The summed E-state index contributed by atoms with van der Waals surface area (Å²) in [6, 6.07) is 7.75. The van der Waals surface area contributed by atoms with Gasteiger partial charge in [0.25, 0.3) is 0 Å². The number of hydrogen-bond acceptors (Lipinski definition) is 2. The maximum absolute atomic E-state index is 10.6. The van der Waals surface area contributed by atoms with Crippen molar-refractivity contribution in [1.29, 1.82) is 0 Å². The predicted molar refractivity (Wildman–Crippen MR) is 58.7 cm³/mol. The third-order valence-corrected chi connectivity index (χ3v) is 2.13. The SMILES string of the molecule is CC(=O)CNCCc1ccc(Cl)cc1. The van der Waals surface area contributed by atoms with Crippen molar-refractivity contribution in [2.24, 2.45) is 0 Å². The van der Waals surface area contributed by atoms with E-state index in [1.54, 1.807) is 6.92 Å². The zero-order valence-electron chi connectivity index (χ0n) is 8.22. The summed E-state index contributed by atoms with van der Waals surface area (Å²) in [4.78, 5) is 10.6. The average Bonchev–Trinajstić information content (AvgIpc) is 2.15. The van der Waals surface area contributed by atoms with E-state index in [4.69, 9.17) is 11.6 Å². The molecule has 0 bridgehead atoms. The lowest BCUT2D eigenvalue weighted by Gasteiger charge is -2.02. The second-order valence-electron chi connectivity index (χ2n) is 3.26. The Labute approximate surface area is 89.3 Å². The quantitative estimate of drug-likeness (QED) is 0.756. The molecule has 2 nitrogen and oxygen atoms in total. The molecule has 0 heterocycles. The Bertz CT molecular complexity index is 295. The number of nitrogens with one attached hydrogen (secondary N) is 1. The fourth-order valence-corrected chi connectivity index (χ4v) is 1.27. The molecule has 0 unspecified atom stereocenters. The van der Waals surface area contributed by atoms with E-state index in [0.29, 0.717) is 6.54 Å². The summed E-state index contributed by atoms with van der Waals surface area (Å²) in [6.45, 7) is 2.85. The Morgan fingerprint density at radius 2 is 2.00 bits per heavy atom. The van der Waals surface area contributed by atoms with Crippen LogP contribution in [-0.2, 0) is 11.2 Å². The zero-order chi connectivity index (χ0) is 10.4. The molecule has 14 heavy (non-hydrogen) atoms. The summed E-state index contributed by atoms with van der Waals surface area (Å²) in [5.74, 6) is 0.168. The van der Waals surface area contributed by atoms with Crippen LogP contribution >= 0.6 is 11.6 Å². The minimum atomic E-state index is 0.168. The van der Waals surface area contributed by atoms with E-state index in [-0.39, 0.29) is 5.78 Å². The highest BCUT2D eigenvalue weighted by Crippen LogP contribution is 2.09. The highest BCUT2D eigenvalue weighted by molar-refractivity contribution is 6.30. The van der Waals surface area contributed by atoms with Gasteiger partial charge in [-0.25, -0.2) is 0 Å². The highest BCUT2D eigenvalue weighted by atomic mass is 35.5. The summed E-state index contributed by atoms with van der Waals surface area (Å²) in [5.41, 5.74) is 1.23. The normalized spacial score (nSPS) is 10.1. The first-order valence-corrected chi connectivity index (χ1v) is 5.01. The average molecular weight is 212 g/mol. The highest BCUT2D eigenvalue weighted by Gasteiger charge is 1.94. The Balaban J connectivity index is 2.25. The minimum Gasteiger partial charge on any atom is -0.310 e. The van der Waals surface area contributed by atoms with E-state index in [1.165, 1.54) is 5.56 Å². The number of benzene rings is 1. The molecule has 1 aromatic carbocycles. The number of halogens is 1. The van der Waals surface area contributed by atoms with Crippen molar-refractivity contribution in [3.63, 3.8) is 0 Å². The molecule has 0 aliphatic heterocycles. The van der Waals surface area contributed by atoms with Gasteiger partial charge in [-0.2, -0.15) is 0 Å². The smallest absolute Gasteiger partial charge is 0.143 e. The second-order valence-corrected chi connectivity index (χ2v) is 3.69. The van der Waals surface area contributed by atoms with Gasteiger partial charge in [-0.15, -0.1) is 0 Å². The van der Waals surface area contributed by atoms with Crippen LogP contribution in [0.15, 0.2) is 24.3 Å². The van der Waals surface area contributed by atoms with E-state index in [1.807, 2.05) is 24.3 Å². The molecule has 1 N–H and O–H groups in total. The molecule has 0 saturated heterocycles. The predicted octanol–water partition coefficient (Wildman–Crippen LogP) is 2.06. The van der Waals surface area contributed by atoms with Gasteiger partial charge in [0.2, 0.25) is 0 Å². The van der Waals surface area contributed by atoms with Crippen LogP contribution in [0, 0.1) is 0 Å². The van der Waals surface area contributed by atoms with Crippen LogP contribution in [0.25, 0.3) is 0 Å². The molecule has 0 amide bonds. The lowest BCUT2D eigenvalue weighted by molar-refractivity contribution is -0.116. The standard InChI is InChI=1S/C11H14ClNO/c1-9(14)8-13-7-6-10-2-4-11(12)5-3-10/h2-5,13H,6-8H2,1H3. The van der Waals surface area contributed by atoms with Gasteiger partial charge in [0.05, 0.1) is 6.54 Å². The number of rotatable bonds is 5. The lowest BCUT2D eigenvalue weighted by Crippen LogP contribution is -2.23. The van der Waals surface area contributed by atoms with E-state index < -0.39 is 0 Å². The van der Waals surface area contributed by atoms with Crippen molar-refractivity contribution in [3.8, 4) is 0 Å². The van der Waals surface area contributed by atoms with E-state index in [9.17, 15) is 4.79 Å². The molecule has 0 saturated carbocycles. The number of carbonyl (C=O) groups is 1. The molecule has 0 radical (unpaired) electrons. The molecule has 0 aromatic heterocycles. The van der Waals surface area contributed by atoms with Crippen molar-refractivity contribution in [2.75, 3.05) is 13.1 Å². The molecule has 3 heteroatoms. The summed E-state index contributed by atoms with van der Waals surface area (Å²) < 4.78 is 0. The second kappa shape index (κ2) is 5.78. The van der Waals surface area contributed by atoms with Gasteiger partial charge in [-0.05, 0) is 37.6 Å². The van der Waals surface area contributed by atoms with E-state index >= 15 is 0 Å². The first-order valence-electron chi connectivity index (χ1n) is 4.63. The summed E-state index contributed by atoms with van der Waals surface area (Å²) >= 11 is 5.75. The van der Waals surface area contributed by atoms with Crippen LogP contribution in [0.1, 0.15) is 12.5 Å². The van der Waals surface area contributed by atoms with Crippen molar-refractivity contribution < 1.29 is 4.79 Å². The van der Waals surface area contributed by atoms with Crippen LogP contribution in [-0.4, -0.2) is 18.9 Å². The molecule has 1 aromatic rings. The first-order chi connectivity index (χ1) is 6.68. The Morgan fingerprint density at radius 1 is 1.36 bits per heavy atom. The van der Waals surface area contributed by atoms with Gasteiger partial charge >= 0.3 is 0 Å². The van der Waals surface area contributed by atoms with E-state index in [2.05, 4.69) is 5.32 Å². The summed E-state index contributed by atoms with van der Waals surface area (Å²) in [5, 5.41) is 3.82. The molecule has 0 aliphatic carbocycles. The maximum atomic E-state index is 10.6. The van der Waals surface area contributed by atoms with Gasteiger partial charge in [0.1, 0.15) is 5.78 Å². The van der Waals surface area contributed by atoms with Crippen molar-refractivity contribution in [3.05, 3.63) is 34.9 Å². The molecular weight excluding hydrogens is 198 g/mol. The number of ketones is 1. The van der Waals surface area contributed by atoms with Gasteiger partial charge in [-0.3, -0.25) is 4.79 Å². The van der Waals surface area contributed by atoms with Crippen LogP contribution in [0.5, 0.6) is 0 Å². The minimum absolute atomic E-state index is 0.168. The molecule has 0 aliphatic rings. The number of carbonyl (C=O) groups excluding carboxylic acids is 1. The lowest BCUT2D eigenvalue weighted by atomic mass is 10.1. The summed E-state index contributed by atoms with van der Waals surface area (Å²) in [6.07, 6.45) is 0.921.